The van der Waals surface area contributed by atoms with Gasteiger partial charge in [0, 0.05) is 100 Å². The fraction of sp³-hybridized carbons (Fsp3) is 0.565. The molecule has 6 aliphatic rings. The van der Waals surface area contributed by atoms with Crippen molar-refractivity contribution in [1.82, 2.24) is 40.2 Å². The van der Waals surface area contributed by atoms with Crippen molar-refractivity contribution >= 4 is 40.5 Å². The van der Waals surface area contributed by atoms with Crippen molar-refractivity contribution < 1.29 is 27.9 Å². The normalized spacial score (nSPS) is 25.5. The second-order valence-corrected chi connectivity index (χ2v) is 19.1. The average molecular weight is 851 g/mol. The van der Waals surface area contributed by atoms with Crippen LogP contribution in [0.2, 0.25) is 0 Å². The molecule has 1 saturated carbocycles. The van der Waals surface area contributed by atoms with Gasteiger partial charge < -0.3 is 34.4 Å². The van der Waals surface area contributed by atoms with Gasteiger partial charge in [-0.1, -0.05) is 0 Å². The molecule has 7 heterocycles. The van der Waals surface area contributed by atoms with E-state index >= 15 is 8.78 Å². The maximum atomic E-state index is 16.5. The van der Waals surface area contributed by atoms with E-state index in [0.29, 0.717) is 49.6 Å². The molecule has 16 heteroatoms. The van der Waals surface area contributed by atoms with Crippen LogP contribution in [-0.2, 0) is 16.1 Å². The summed E-state index contributed by atoms with van der Waals surface area (Å²) >= 11 is 0. The van der Waals surface area contributed by atoms with Crippen molar-refractivity contribution in [2.75, 3.05) is 75.2 Å². The Morgan fingerprint density at radius 3 is 2.48 bits per heavy atom. The minimum Gasteiger partial charge on any atom is -0.488 e. The van der Waals surface area contributed by atoms with Crippen LogP contribution in [0.15, 0.2) is 42.7 Å². The number of rotatable bonds is 11. The number of nitrogens with zero attached hydrogens (tertiary/aromatic N) is 8. The molecule has 10 rings (SSSR count). The Morgan fingerprint density at radius 2 is 1.76 bits per heavy atom. The molecule has 4 saturated heterocycles. The molecule has 4 aromatic rings. The zero-order valence-electron chi connectivity index (χ0n) is 35.7. The third-order valence-corrected chi connectivity index (χ3v) is 14.7. The van der Waals surface area contributed by atoms with Crippen molar-refractivity contribution in [2.45, 2.75) is 94.6 Å². The summed E-state index contributed by atoms with van der Waals surface area (Å²) in [7, 11) is 0. The lowest BCUT2D eigenvalue weighted by Crippen LogP contribution is -2.60. The average Bonchev–Trinajstić information content (AvgIpc) is 3.68. The number of halogens is 2. The van der Waals surface area contributed by atoms with Gasteiger partial charge in [-0.2, -0.15) is 5.10 Å². The number of benzene rings is 2. The minimum atomic E-state index is -1.24. The number of alkyl halides is 1. The first-order valence-electron chi connectivity index (χ1n) is 22.4. The fourth-order valence-corrected chi connectivity index (χ4v) is 10.4. The van der Waals surface area contributed by atoms with E-state index in [1.54, 1.807) is 18.5 Å². The summed E-state index contributed by atoms with van der Waals surface area (Å²) in [5.41, 5.74) is 1.03. The first-order valence-corrected chi connectivity index (χ1v) is 22.4. The van der Waals surface area contributed by atoms with Gasteiger partial charge in [-0.3, -0.25) is 19.6 Å². The Bertz CT molecular complexity index is 2360. The van der Waals surface area contributed by atoms with E-state index in [2.05, 4.69) is 58.9 Å². The summed E-state index contributed by atoms with van der Waals surface area (Å²) in [6.07, 6.45) is 7.62. The number of aldehydes is 1. The molecule has 2 aromatic heterocycles. The van der Waals surface area contributed by atoms with Gasteiger partial charge in [-0.15, -0.1) is 0 Å². The number of piperazine rings is 1. The quantitative estimate of drug-likeness (QED) is 0.194. The molecule has 1 unspecified atom stereocenters. The molecule has 14 nitrogen and oxygen atoms in total. The Kier molecular flexibility index (Phi) is 10.4. The van der Waals surface area contributed by atoms with Gasteiger partial charge in [0.25, 0.3) is 5.91 Å². The van der Waals surface area contributed by atoms with Crippen LogP contribution in [0.3, 0.4) is 0 Å². The predicted molar refractivity (Wildman–Crippen MR) is 230 cm³/mol. The predicted octanol–water partition coefficient (Wildman–Crippen LogP) is 5.13. The monoisotopic (exact) mass is 850 g/mol. The van der Waals surface area contributed by atoms with E-state index in [1.807, 2.05) is 24.3 Å². The summed E-state index contributed by atoms with van der Waals surface area (Å²) in [6, 6.07) is 11.5. The van der Waals surface area contributed by atoms with Crippen LogP contribution in [0.1, 0.15) is 81.1 Å². The maximum absolute atomic E-state index is 16.5. The third-order valence-electron chi connectivity index (χ3n) is 14.7. The molecule has 2 N–H and O–H groups in total. The number of aromatic amines is 1. The Morgan fingerprint density at radius 1 is 0.952 bits per heavy atom. The lowest BCUT2D eigenvalue weighted by molar-refractivity contribution is -0.128. The summed E-state index contributed by atoms with van der Waals surface area (Å²) in [5, 5.41) is 11.4. The van der Waals surface area contributed by atoms with Crippen molar-refractivity contribution in [3.63, 3.8) is 0 Å². The second-order valence-electron chi connectivity index (χ2n) is 19.1. The highest BCUT2D eigenvalue weighted by Gasteiger charge is 2.47. The second kappa shape index (κ2) is 15.8. The summed E-state index contributed by atoms with van der Waals surface area (Å²) in [4.78, 5) is 57.1. The number of aromatic nitrogens is 4. The van der Waals surface area contributed by atoms with E-state index in [-0.39, 0.29) is 55.0 Å². The topological polar surface area (TPSA) is 143 Å². The van der Waals surface area contributed by atoms with Crippen molar-refractivity contribution in [2.24, 2.45) is 5.92 Å². The largest absolute Gasteiger partial charge is 0.488 e. The van der Waals surface area contributed by atoms with Crippen LogP contribution >= 0.6 is 0 Å². The highest BCUT2D eigenvalue weighted by molar-refractivity contribution is 6.01. The number of hydrogen-bond donors (Lipinski definition) is 2. The van der Waals surface area contributed by atoms with Gasteiger partial charge in [0.1, 0.15) is 46.7 Å². The number of H-pyrrole nitrogens is 1. The third kappa shape index (κ3) is 7.77. The summed E-state index contributed by atoms with van der Waals surface area (Å²) in [5.74, 6) is 1.17. The van der Waals surface area contributed by atoms with Crippen LogP contribution < -0.4 is 19.9 Å². The van der Waals surface area contributed by atoms with Crippen molar-refractivity contribution in [1.29, 1.82) is 0 Å². The van der Waals surface area contributed by atoms with E-state index in [0.717, 1.165) is 105 Å². The number of piperidine rings is 3. The lowest BCUT2D eigenvalue weighted by atomic mass is 9.89. The van der Waals surface area contributed by atoms with Crippen LogP contribution in [0, 0.1) is 11.7 Å². The molecule has 2 atom stereocenters. The number of carbonyl (C=O) groups excluding carboxylic acids is 3. The molecule has 5 aliphatic heterocycles. The van der Waals surface area contributed by atoms with Crippen LogP contribution in [0.5, 0.6) is 5.75 Å². The lowest BCUT2D eigenvalue weighted by Gasteiger charge is -2.45. The number of anilines is 2. The first-order chi connectivity index (χ1) is 29.9. The van der Waals surface area contributed by atoms with Gasteiger partial charge in [0.15, 0.2) is 5.82 Å². The molecule has 2 aromatic carbocycles. The molecule has 2 amide bonds. The SMILES string of the molecule is C[C@H]1CN(c2cc(-c3n[nH]c4ccc(OC5(C)CC5)cc34)ncn2)CCN1CC1(F)CCN(CC2CCN(c3ccc4c(c3F)CN(C3(C=O)CCC(=O)NC3)C4=O)CC2)CC1. The smallest absolute Gasteiger partial charge is 0.255 e. The molecule has 328 valence electrons. The maximum Gasteiger partial charge on any atom is 0.255 e. The molecule has 1 aliphatic carbocycles. The number of fused-ring (bicyclic) bond motifs is 2. The number of carbonyl (C=O) groups is 3. The van der Waals surface area contributed by atoms with Gasteiger partial charge in [-0.05, 0) is 95.0 Å². The van der Waals surface area contributed by atoms with Gasteiger partial charge in [0.05, 0.1) is 23.4 Å². The number of hydrogen-bond acceptors (Lipinski definition) is 11. The molecular weight excluding hydrogens is 795 g/mol. The van der Waals surface area contributed by atoms with E-state index < -0.39 is 17.0 Å². The fourth-order valence-electron chi connectivity index (χ4n) is 10.4. The van der Waals surface area contributed by atoms with Crippen molar-refractivity contribution in [3.8, 4) is 17.1 Å². The van der Waals surface area contributed by atoms with Gasteiger partial charge in [-0.25, -0.2) is 18.7 Å². The molecule has 0 bridgehead atoms. The molecule has 5 fully saturated rings. The molecule has 0 radical (unpaired) electrons. The molecular formula is C46H56F2N10O4. The number of nitrogens with one attached hydrogen (secondary N) is 2. The highest BCUT2D eigenvalue weighted by atomic mass is 19.1. The van der Waals surface area contributed by atoms with Crippen LogP contribution in [0.25, 0.3) is 22.3 Å². The van der Waals surface area contributed by atoms with Crippen LogP contribution in [0.4, 0.5) is 20.3 Å². The summed E-state index contributed by atoms with van der Waals surface area (Å²) in [6.45, 7) is 10.7. The summed E-state index contributed by atoms with van der Waals surface area (Å²) < 4.78 is 38.9. The molecule has 0 spiro atoms. The number of ether oxygens (including phenoxy) is 1. The highest BCUT2D eigenvalue weighted by Crippen LogP contribution is 2.41. The van der Waals surface area contributed by atoms with Gasteiger partial charge >= 0.3 is 0 Å². The Hall–Kier alpha value is -5.22. The van der Waals surface area contributed by atoms with E-state index in [1.165, 1.54) is 4.90 Å². The minimum absolute atomic E-state index is 0.00532. The van der Waals surface area contributed by atoms with E-state index in [9.17, 15) is 14.4 Å². The van der Waals surface area contributed by atoms with Crippen molar-refractivity contribution in [3.05, 3.63) is 59.7 Å². The molecule has 62 heavy (non-hydrogen) atoms. The van der Waals surface area contributed by atoms with Gasteiger partial charge in [0.2, 0.25) is 5.91 Å². The van der Waals surface area contributed by atoms with Crippen LogP contribution in [-0.4, -0.2) is 141 Å². The van der Waals surface area contributed by atoms with E-state index in [4.69, 9.17) is 4.74 Å². The number of likely N-dealkylation sites (tertiary alicyclic amines) is 1. The Balaban J connectivity index is 0.694. The Labute approximate surface area is 360 Å². The zero-order chi connectivity index (χ0) is 42.8. The zero-order valence-corrected chi connectivity index (χ0v) is 35.7. The standard InChI is InChI=1S/C46H56F2N10O4/c1-30-23-56(39-22-37(50-29-51-39)42-34-21-32(62-44(2)11-12-44)3-5-36(34)52-53-42)19-20-57(30)27-45(48)13-17-54(18-14-45)24-31-8-15-55(16-9-31)38-6-4-33-35(41(38)47)25-58(43(33)61)46(28-59)10-7-40(60)49-26-46/h3-6,21-22,28-31H,7-20,23-27H2,1-2H3,(H,49,60)(H,52,53)/t30-,46?/m0/s1. The first kappa shape index (κ1) is 40.8. The number of amides is 2.